The number of rotatable bonds is 5. The molecule has 0 aromatic carbocycles. The summed E-state index contributed by atoms with van der Waals surface area (Å²) in [6.45, 7) is 8.38. The molecule has 7 heteroatoms. The summed E-state index contributed by atoms with van der Waals surface area (Å²) in [5, 5.41) is 15.7. The van der Waals surface area contributed by atoms with Crippen molar-refractivity contribution in [1.82, 2.24) is 30.2 Å². The number of hydrogen-bond donors (Lipinski definition) is 2. The van der Waals surface area contributed by atoms with Crippen LogP contribution in [0.1, 0.15) is 29.4 Å². The number of nitrogens with zero attached hydrogens (tertiary/aromatic N) is 4. The molecule has 0 atom stereocenters. The molecule has 0 saturated heterocycles. The number of nitrogens with one attached hydrogen (secondary N) is 2. The average Bonchev–Trinajstić information content (AvgIpc) is 3.01. The van der Waals surface area contributed by atoms with E-state index in [9.17, 15) is 0 Å². The van der Waals surface area contributed by atoms with Crippen LogP contribution in [-0.4, -0.2) is 24.7 Å². The van der Waals surface area contributed by atoms with Gasteiger partial charge in [0.05, 0.1) is 11.9 Å². The molecular weight excluding hydrogens is 284 g/mol. The van der Waals surface area contributed by atoms with Crippen LogP contribution in [0, 0.1) is 13.8 Å². The summed E-state index contributed by atoms with van der Waals surface area (Å²) in [6, 6.07) is 0. The first-order valence-electron chi connectivity index (χ1n) is 7.03. The molecule has 2 rings (SSSR count). The molecule has 0 aliphatic heterocycles. The molecule has 2 N–H and O–H groups in total. The number of hydrogen-bond acceptors (Lipinski definition) is 3. The van der Waals surface area contributed by atoms with E-state index < -0.39 is 0 Å². The van der Waals surface area contributed by atoms with Crippen molar-refractivity contribution >= 4 is 17.3 Å². The van der Waals surface area contributed by atoms with Gasteiger partial charge in [-0.25, -0.2) is 0 Å². The van der Waals surface area contributed by atoms with E-state index in [0.29, 0.717) is 18.2 Å². The van der Waals surface area contributed by atoms with Crippen LogP contribution in [0.25, 0.3) is 0 Å². The quantitative estimate of drug-likeness (QED) is 0.818. The van der Waals surface area contributed by atoms with Gasteiger partial charge in [0, 0.05) is 49.7 Å². The maximum atomic E-state index is 5.30. The molecule has 0 fully saturated rings. The van der Waals surface area contributed by atoms with Gasteiger partial charge in [-0.2, -0.15) is 10.2 Å². The molecule has 0 aliphatic carbocycles. The van der Waals surface area contributed by atoms with Crippen molar-refractivity contribution in [3.05, 3.63) is 34.9 Å². The summed E-state index contributed by atoms with van der Waals surface area (Å²) >= 11 is 5.30. The highest BCUT2D eigenvalue weighted by molar-refractivity contribution is 7.80. The fourth-order valence-corrected chi connectivity index (χ4v) is 2.30. The normalized spacial score (nSPS) is 10.7. The minimum Gasteiger partial charge on any atom is -0.359 e. The Labute approximate surface area is 130 Å². The van der Waals surface area contributed by atoms with Gasteiger partial charge < -0.3 is 10.6 Å². The maximum absolute atomic E-state index is 5.30. The summed E-state index contributed by atoms with van der Waals surface area (Å²) in [4.78, 5) is 0. The standard InChI is InChI=1S/C14H22N6S/c1-5-20-9-12(7-17-20)6-15-14(21)16-8-13-10(2)18-19(4)11(13)3/h7,9H,5-6,8H2,1-4H3,(H2,15,16,21). The van der Waals surface area contributed by atoms with Crippen LogP contribution < -0.4 is 10.6 Å². The Morgan fingerprint density at radius 1 is 1.29 bits per heavy atom. The third kappa shape index (κ3) is 3.81. The number of aromatic nitrogens is 4. The van der Waals surface area contributed by atoms with Crippen LogP contribution in [-0.2, 0) is 26.7 Å². The predicted octanol–water partition coefficient (Wildman–Crippen LogP) is 1.42. The zero-order chi connectivity index (χ0) is 15.4. The Hall–Kier alpha value is -1.89. The Morgan fingerprint density at radius 2 is 2.00 bits per heavy atom. The van der Waals surface area contributed by atoms with E-state index >= 15 is 0 Å². The van der Waals surface area contributed by atoms with Crippen LogP contribution in [0.2, 0.25) is 0 Å². The topological polar surface area (TPSA) is 59.7 Å². The lowest BCUT2D eigenvalue weighted by atomic mass is 10.2. The third-order valence-corrected chi connectivity index (χ3v) is 3.84. The van der Waals surface area contributed by atoms with Crippen molar-refractivity contribution in [2.45, 2.75) is 40.4 Å². The van der Waals surface area contributed by atoms with Crippen molar-refractivity contribution in [2.24, 2.45) is 7.05 Å². The molecule has 2 heterocycles. The molecule has 0 amide bonds. The van der Waals surface area contributed by atoms with Gasteiger partial charge in [-0.05, 0) is 33.0 Å². The Morgan fingerprint density at radius 3 is 2.57 bits per heavy atom. The van der Waals surface area contributed by atoms with Gasteiger partial charge in [-0.15, -0.1) is 0 Å². The van der Waals surface area contributed by atoms with Gasteiger partial charge in [0.2, 0.25) is 0 Å². The lowest BCUT2D eigenvalue weighted by Crippen LogP contribution is -2.34. The smallest absolute Gasteiger partial charge is 0.166 e. The highest BCUT2D eigenvalue weighted by atomic mass is 32.1. The predicted molar refractivity (Wildman–Crippen MR) is 86.9 cm³/mol. The Kier molecular flexibility index (Phi) is 4.95. The van der Waals surface area contributed by atoms with Gasteiger partial charge in [0.25, 0.3) is 0 Å². The van der Waals surface area contributed by atoms with Crippen molar-refractivity contribution in [1.29, 1.82) is 0 Å². The lowest BCUT2D eigenvalue weighted by molar-refractivity contribution is 0.659. The van der Waals surface area contributed by atoms with Gasteiger partial charge >= 0.3 is 0 Å². The number of thiocarbonyl (C=S) groups is 1. The van der Waals surface area contributed by atoms with Crippen LogP contribution >= 0.6 is 12.2 Å². The fraction of sp³-hybridized carbons (Fsp3) is 0.500. The summed E-state index contributed by atoms with van der Waals surface area (Å²) in [5.74, 6) is 0. The van der Waals surface area contributed by atoms with Crippen LogP contribution in [0.4, 0.5) is 0 Å². The van der Waals surface area contributed by atoms with E-state index in [0.717, 1.165) is 23.5 Å². The molecule has 114 valence electrons. The second kappa shape index (κ2) is 6.71. The Bertz CT molecular complexity index is 627. The first kappa shape index (κ1) is 15.5. The third-order valence-electron chi connectivity index (χ3n) is 3.55. The number of aryl methyl sites for hydroxylation is 3. The van der Waals surface area contributed by atoms with E-state index in [2.05, 4.69) is 34.7 Å². The van der Waals surface area contributed by atoms with Crippen LogP contribution in [0.5, 0.6) is 0 Å². The molecule has 0 saturated carbocycles. The summed E-state index contributed by atoms with van der Waals surface area (Å²) < 4.78 is 3.79. The second-order valence-corrected chi connectivity index (χ2v) is 5.42. The van der Waals surface area contributed by atoms with E-state index in [-0.39, 0.29) is 0 Å². The minimum absolute atomic E-state index is 0.641. The van der Waals surface area contributed by atoms with Crippen LogP contribution in [0.15, 0.2) is 12.4 Å². The second-order valence-electron chi connectivity index (χ2n) is 5.01. The van der Waals surface area contributed by atoms with Gasteiger partial charge in [0.1, 0.15) is 0 Å². The average molecular weight is 306 g/mol. The van der Waals surface area contributed by atoms with Gasteiger partial charge in [-0.3, -0.25) is 9.36 Å². The summed E-state index contributed by atoms with van der Waals surface area (Å²) in [5.41, 5.74) is 4.51. The zero-order valence-electron chi connectivity index (χ0n) is 13.0. The van der Waals surface area contributed by atoms with Crippen LogP contribution in [0.3, 0.4) is 0 Å². The van der Waals surface area contributed by atoms with Crippen molar-refractivity contribution in [2.75, 3.05) is 0 Å². The largest absolute Gasteiger partial charge is 0.359 e. The van der Waals surface area contributed by atoms with E-state index in [1.165, 1.54) is 5.56 Å². The molecule has 21 heavy (non-hydrogen) atoms. The van der Waals surface area contributed by atoms with Gasteiger partial charge in [0.15, 0.2) is 5.11 Å². The zero-order valence-corrected chi connectivity index (χ0v) is 13.8. The van der Waals surface area contributed by atoms with E-state index in [1.807, 2.05) is 35.7 Å². The molecule has 0 unspecified atom stereocenters. The van der Waals surface area contributed by atoms with E-state index in [4.69, 9.17) is 12.2 Å². The SMILES string of the molecule is CCn1cc(CNC(=S)NCc2c(C)nn(C)c2C)cn1. The van der Waals surface area contributed by atoms with E-state index in [1.54, 1.807) is 0 Å². The van der Waals surface area contributed by atoms with Crippen molar-refractivity contribution in [3.8, 4) is 0 Å². The molecule has 2 aromatic rings. The molecule has 0 radical (unpaired) electrons. The monoisotopic (exact) mass is 306 g/mol. The maximum Gasteiger partial charge on any atom is 0.166 e. The molecular formula is C14H22N6S. The highest BCUT2D eigenvalue weighted by Crippen LogP contribution is 2.11. The lowest BCUT2D eigenvalue weighted by Gasteiger charge is -2.10. The van der Waals surface area contributed by atoms with Crippen molar-refractivity contribution < 1.29 is 0 Å². The fourth-order valence-electron chi connectivity index (χ4n) is 2.16. The first-order chi connectivity index (χ1) is 10.0. The first-order valence-corrected chi connectivity index (χ1v) is 7.44. The molecule has 6 nitrogen and oxygen atoms in total. The molecule has 0 aliphatic rings. The summed E-state index contributed by atoms with van der Waals surface area (Å²) in [6.07, 6.45) is 3.87. The minimum atomic E-state index is 0.641. The Balaban J connectivity index is 1.82. The molecule has 0 bridgehead atoms. The van der Waals surface area contributed by atoms with Crippen molar-refractivity contribution in [3.63, 3.8) is 0 Å². The molecule has 2 aromatic heterocycles. The molecule has 0 spiro atoms. The van der Waals surface area contributed by atoms with Gasteiger partial charge in [-0.1, -0.05) is 0 Å². The highest BCUT2D eigenvalue weighted by Gasteiger charge is 2.09. The summed E-state index contributed by atoms with van der Waals surface area (Å²) in [7, 11) is 1.95.